The van der Waals surface area contributed by atoms with Gasteiger partial charge in [0, 0.05) is 49.4 Å². The molecule has 0 bridgehead atoms. The summed E-state index contributed by atoms with van der Waals surface area (Å²) >= 11 is 0. The van der Waals surface area contributed by atoms with E-state index in [0.29, 0.717) is 11.2 Å². The molecule has 1 radical (unpaired) electrons. The molecular formula is C39H31FIrN2O-2. The number of fused-ring (bicyclic) bond motifs is 3. The molecule has 7 rings (SSSR count). The SMILES string of the molecule is CC(C)(c1ccccc1)c1ccnc(-c2[c-]ccc3c2oc2cc(F)ccc23)c1.Cc1c[c-]c(-c2ccc(C)cn2)cc1.[Ir]. The Bertz CT molecular complexity index is 1970. The van der Waals surface area contributed by atoms with Gasteiger partial charge in [0.05, 0.1) is 5.58 Å². The minimum absolute atomic E-state index is 0. The van der Waals surface area contributed by atoms with Crippen LogP contribution in [0.2, 0.25) is 0 Å². The number of hydrogen-bond acceptors (Lipinski definition) is 3. The number of halogens is 1. The second-order valence-corrected chi connectivity index (χ2v) is 11.3. The maximum Gasteiger partial charge on any atom is 0.126 e. The first-order valence-corrected chi connectivity index (χ1v) is 14.3. The summed E-state index contributed by atoms with van der Waals surface area (Å²) in [5.74, 6) is -0.313. The van der Waals surface area contributed by atoms with Gasteiger partial charge in [-0.1, -0.05) is 80.3 Å². The molecule has 0 aliphatic heterocycles. The molecule has 4 aromatic carbocycles. The fourth-order valence-electron chi connectivity index (χ4n) is 5.17. The third-order valence-corrected chi connectivity index (χ3v) is 7.78. The molecule has 0 N–H and O–H groups in total. The normalized spacial score (nSPS) is 11.1. The molecule has 221 valence electrons. The van der Waals surface area contributed by atoms with Crippen LogP contribution in [0.1, 0.15) is 36.1 Å². The summed E-state index contributed by atoms with van der Waals surface area (Å²) in [6.45, 7) is 8.50. The molecule has 7 aromatic rings. The van der Waals surface area contributed by atoms with E-state index in [-0.39, 0.29) is 31.3 Å². The Kier molecular flexibility index (Phi) is 9.19. The number of benzene rings is 4. The van der Waals surface area contributed by atoms with Crippen molar-refractivity contribution in [2.24, 2.45) is 0 Å². The van der Waals surface area contributed by atoms with E-state index in [0.717, 1.165) is 38.9 Å². The maximum atomic E-state index is 13.7. The van der Waals surface area contributed by atoms with Gasteiger partial charge in [-0.25, -0.2) is 4.39 Å². The second-order valence-electron chi connectivity index (χ2n) is 11.3. The first-order valence-electron chi connectivity index (χ1n) is 14.3. The van der Waals surface area contributed by atoms with Crippen molar-refractivity contribution in [3.8, 4) is 22.5 Å². The number of furan rings is 1. The van der Waals surface area contributed by atoms with Crippen LogP contribution in [0.3, 0.4) is 0 Å². The average molecular weight is 755 g/mol. The molecule has 0 fully saturated rings. The summed E-state index contributed by atoms with van der Waals surface area (Å²) in [5.41, 5.74) is 9.43. The Hall–Kier alpha value is -4.44. The van der Waals surface area contributed by atoms with E-state index in [1.165, 1.54) is 28.8 Å². The van der Waals surface area contributed by atoms with Crippen molar-refractivity contribution in [3.63, 3.8) is 0 Å². The van der Waals surface area contributed by atoms with Crippen LogP contribution in [-0.4, -0.2) is 9.97 Å². The van der Waals surface area contributed by atoms with Gasteiger partial charge in [-0.2, -0.15) is 0 Å². The standard InChI is InChI=1S/C26H19FNO.C13H12N.Ir/c1-26(2,17-7-4-3-5-8-17)18-13-14-28-23(15-18)22-10-6-9-21-20-12-11-19(27)16-24(20)29-25(21)22;1-10-3-6-12(7-4-10)13-8-5-11(2)9-14-13;/h3-9,11-16H,1-2H3;3-6,8-9H,1-2H3;/q2*-1;. The van der Waals surface area contributed by atoms with Gasteiger partial charge in [0.15, 0.2) is 0 Å². The molecule has 0 atom stereocenters. The van der Waals surface area contributed by atoms with E-state index in [1.54, 1.807) is 6.07 Å². The van der Waals surface area contributed by atoms with Gasteiger partial charge in [-0.3, -0.25) is 0 Å². The Morgan fingerprint density at radius 2 is 1.52 bits per heavy atom. The quantitative estimate of drug-likeness (QED) is 0.168. The molecule has 44 heavy (non-hydrogen) atoms. The number of pyridine rings is 2. The van der Waals surface area contributed by atoms with Crippen LogP contribution in [0.5, 0.6) is 0 Å². The van der Waals surface area contributed by atoms with Crippen LogP contribution in [0.15, 0.2) is 120 Å². The molecule has 5 heteroatoms. The summed E-state index contributed by atoms with van der Waals surface area (Å²) in [7, 11) is 0. The third-order valence-electron chi connectivity index (χ3n) is 7.78. The Balaban J connectivity index is 0.000000216. The summed E-state index contributed by atoms with van der Waals surface area (Å²) in [6.07, 6.45) is 3.70. The minimum Gasteiger partial charge on any atom is -0.500 e. The molecule has 3 aromatic heterocycles. The van der Waals surface area contributed by atoms with Crippen molar-refractivity contribution in [2.75, 3.05) is 0 Å². The van der Waals surface area contributed by atoms with Crippen LogP contribution in [0, 0.1) is 31.8 Å². The summed E-state index contributed by atoms with van der Waals surface area (Å²) < 4.78 is 19.7. The van der Waals surface area contributed by atoms with E-state index >= 15 is 0 Å². The molecule has 3 heterocycles. The Morgan fingerprint density at radius 1 is 0.727 bits per heavy atom. The molecule has 0 spiro atoms. The number of nitrogens with zero attached hydrogens (tertiary/aromatic N) is 2. The van der Waals surface area contributed by atoms with Crippen LogP contribution in [-0.2, 0) is 25.5 Å². The predicted molar refractivity (Wildman–Crippen MR) is 172 cm³/mol. The Labute approximate surface area is 271 Å². The first kappa shape index (κ1) is 31.0. The first-order chi connectivity index (χ1) is 20.8. The summed E-state index contributed by atoms with van der Waals surface area (Å²) in [4.78, 5) is 8.94. The van der Waals surface area contributed by atoms with E-state index in [1.807, 2.05) is 61.8 Å². The van der Waals surface area contributed by atoms with Gasteiger partial charge in [0.25, 0.3) is 0 Å². The zero-order valence-electron chi connectivity index (χ0n) is 25.0. The minimum atomic E-state index is -0.313. The van der Waals surface area contributed by atoms with Crippen molar-refractivity contribution >= 4 is 21.9 Å². The zero-order chi connectivity index (χ0) is 30.0. The van der Waals surface area contributed by atoms with Crippen LogP contribution in [0.25, 0.3) is 44.5 Å². The van der Waals surface area contributed by atoms with Crippen molar-refractivity contribution in [2.45, 2.75) is 33.1 Å². The largest absolute Gasteiger partial charge is 0.500 e. The van der Waals surface area contributed by atoms with E-state index < -0.39 is 0 Å². The van der Waals surface area contributed by atoms with Crippen molar-refractivity contribution in [1.29, 1.82) is 0 Å². The van der Waals surface area contributed by atoms with Gasteiger partial charge in [-0.05, 0) is 53.2 Å². The number of hydrogen-bond donors (Lipinski definition) is 0. The molecule has 0 aliphatic rings. The van der Waals surface area contributed by atoms with E-state index in [4.69, 9.17) is 4.42 Å². The maximum absolute atomic E-state index is 13.7. The molecule has 0 saturated heterocycles. The number of aryl methyl sites for hydroxylation is 2. The fraction of sp³-hybridized carbons (Fsp3) is 0.128. The number of aromatic nitrogens is 2. The molecule has 0 saturated carbocycles. The summed E-state index contributed by atoms with van der Waals surface area (Å²) in [5, 5.41) is 1.82. The van der Waals surface area contributed by atoms with Gasteiger partial charge in [0.2, 0.25) is 0 Å². The van der Waals surface area contributed by atoms with Crippen LogP contribution < -0.4 is 0 Å². The summed E-state index contributed by atoms with van der Waals surface area (Å²) in [6, 6.07) is 39.7. The van der Waals surface area contributed by atoms with Crippen molar-refractivity contribution in [3.05, 3.63) is 156 Å². The van der Waals surface area contributed by atoms with Crippen molar-refractivity contribution < 1.29 is 28.9 Å². The zero-order valence-corrected chi connectivity index (χ0v) is 27.4. The average Bonchev–Trinajstić information content (AvgIpc) is 3.40. The smallest absolute Gasteiger partial charge is 0.126 e. The molecule has 0 unspecified atom stereocenters. The molecular weight excluding hydrogens is 724 g/mol. The predicted octanol–water partition coefficient (Wildman–Crippen LogP) is 10.1. The molecule has 0 amide bonds. The number of rotatable bonds is 4. The van der Waals surface area contributed by atoms with Gasteiger partial charge >= 0.3 is 0 Å². The topological polar surface area (TPSA) is 38.9 Å². The Morgan fingerprint density at radius 3 is 2.25 bits per heavy atom. The van der Waals surface area contributed by atoms with E-state index in [2.05, 4.69) is 85.3 Å². The molecule has 0 aliphatic carbocycles. The second kappa shape index (κ2) is 13.1. The van der Waals surface area contributed by atoms with Crippen LogP contribution >= 0.6 is 0 Å². The third kappa shape index (κ3) is 6.40. The molecule has 3 nitrogen and oxygen atoms in total. The monoisotopic (exact) mass is 755 g/mol. The van der Waals surface area contributed by atoms with Gasteiger partial charge in [0.1, 0.15) is 11.4 Å². The fourth-order valence-corrected chi connectivity index (χ4v) is 5.17. The van der Waals surface area contributed by atoms with Gasteiger partial charge < -0.3 is 14.4 Å². The van der Waals surface area contributed by atoms with Crippen molar-refractivity contribution in [1.82, 2.24) is 9.97 Å². The van der Waals surface area contributed by atoms with Crippen LogP contribution in [0.4, 0.5) is 4.39 Å². The van der Waals surface area contributed by atoms with Gasteiger partial charge in [-0.15, -0.1) is 53.6 Å². The van der Waals surface area contributed by atoms with E-state index in [9.17, 15) is 4.39 Å².